The summed E-state index contributed by atoms with van der Waals surface area (Å²) in [6, 6.07) is 8.36. The van der Waals surface area contributed by atoms with E-state index in [0.29, 0.717) is 5.41 Å². The second-order valence-corrected chi connectivity index (χ2v) is 5.65. The van der Waals surface area contributed by atoms with Crippen LogP contribution in [0.1, 0.15) is 51.7 Å². The minimum atomic E-state index is -0.372. The predicted molar refractivity (Wildman–Crippen MR) is 76.9 cm³/mol. The summed E-state index contributed by atoms with van der Waals surface area (Å²) in [4.78, 5) is 2.48. The molecule has 1 unspecified atom stereocenters. The molecule has 1 heterocycles. The molecular formula is C16H25NO. The molecule has 0 amide bonds. The average Bonchev–Trinajstić information content (AvgIpc) is 2.84. The molecule has 0 radical (unpaired) electrons. The van der Waals surface area contributed by atoms with E-state index in [1.165, 1.54) is 31.5 Å². The maximum absolute atomic E-state index is 9.53. The van der Waals surface area contributed by atoms with Crippen LogP contribution in [0.3, 0.4) is 0 Å². The molecule has 2 nitrogen and oxygen atoms in total. The van der Waals surface area contributed by atoms with E-state index in [1.54, 1.807) is 0 Å². The average molecular weight is 247 g/mol. The Morgan fingerprint density at radius 3 is 2.28 bits per heavy atom. The van der Waals surface area contributed by atoms with Gasteiger partial charge in [0.15, 0.2) is 0 Å². The lowest BCUT2D eigenvalue weighted by Crippen LogP contribution is -2.26. The summed E-state index contributed by atoms with van der Waals surface area (Å²) in [7, 11) is 0. The van der Waals surface area contributed by atoms with Crippen LogP contribution in [0, 0.1) is 5.41 Å². The summed E-state index contributed by atoms with van der Waals surface area (Å²) < 4.78 is 0. The standard InChI is InChI=1S/C16H25NO/c1-4-16(5-2)10-11-17(12-16)15-8-6-14(7-9-15)13(3)18/h6-9,13,18H,4-5,10-12H2,1-3H3. The largest absolute Gasteiger partial charge is 0.389 e. The van der Waals surface area contributed by atoms with Gasteiger partial charge in [-0.2, -0.15) is 0 Å². The third-order valence-electron chi connectivity index (χ3n) is 4.68. The van der Waals surface area contributed by atoms with Crippen molar-refractivity contribution < 1.29 is 5.11 Å². The van der Waals surface area contributed by atoms with E-state index in [4.69, 9.17) is 0 Å². The van der Waals surface area contributed by atoms with Gasteiger partial charge in [0, 0.05) is 18.8 Å². The molecule has 0 bridgehead atoms. The quantitative estimate of drug-likeness (QED) is 0.875. The molecule has 0 aromatic heterocycles. The van der Waals surface area contributed by atoms with Crippen molar-refractivity contribution in [2.24, 2.45) is 5.41 Å². The molecular weight excluding hydrogens is 222 g/mol. The van der Waals surface area contributed by atoms with Crippen molar-refractivity contribution in [2.75, 3.05) is 18.0 Å². The number of nitrogens with zero attached hydrogens (tertiary/aromatic N) is 1. The van der Waals surface area contributed by atoms with Crippen LogP contribution < -0.4 is 4.90 Å². The normalized spacial score (nSPS) is 20.1. The monoisotopic (exact) mass is 247 g/mol. The molecule has 100 valence electrons. The Balaban J connectivity index is 2.09. The van der Waals surface area contributed by atoms with E-state index >= 15 is 0 Å². The summed E-state index contributed by atoms with van der Waals surface area (Å²) in [6.07, 6.45) is 3.47. The third-order valence-corrected chi connectivity index (χ3v) is 4.68. The zero-order chi connectivity index (χ0) is 13.2. The Morgan fingerprint density at radius 2 is 1.83 bits per heavy atom. The van der Waals surface area contributed by atoms with Crippen LogP contribution in [-0.4, -0.2) is 18.2 Å². The van der Waals surface area contributed by atoms with Crippen molar-refractivity contribution >= 4 is 5.69 Å². The molecule has 1 aromatic carbocycles. The van der Waals surface area contributed by atoms with Crippen molar-refractivity contribution in [2.45, 2.75) is 46.1 Å². The highest BCUT2D eigenvalue weighted by Crippen LogP contribution is 2.39. The lowest BCUT2D eigenvalue weighted by molar-refractivity contribution is 0.199. The molecule has 1 aliphatic heterocycles. The Hall–Kier alpha value is -1.02. The lowest BCUT2D eigenvalue weighted by Gasteiger charge is -2.27. The van der Waals surface area contributed by atoms with E-state index < -0.39 is 0 Å². The molecule has 1 atom stereocenters. The summed E-state index contributed by atoms with van der Waals surface area (Å²) in [5, 5.41) is 9.53. The Kier molecular flexibility index (Phi) is 3.96. The number of aliphatic hydroxyl groups is 1. The zero-order valence-corrected chi connectivity index (χ0v) is 11.8. The topological polar surface area (TPSA) is 23.5 Å². The summed E-state index contributed by atoms with van der Waals surface area (Å²) in [5.41, 5.74) is 2.81. The van der Waals surface area contributed by atoms with E-state index in [9.17, 15) is 5.11 Å². The fraction of sp³-hybridized carbons (Fsp3) is 0.625. The number of aliphatic hydroxyl groups excluding tert-OH is 1. The molecule has 2 heteroatoms. The van der Waals surface area contributed by atoms with Gasteiger partial charge in [0.1, 0.15) is 0 Å². The van der Waals surface area contributed by atoms with Crippen LogP contribution in [0.2, 0.25) is 0 Å². The molecule has 0 saturated carbocycles. The van der Waals surface area contributed by atoms with Gasteiger partial charge in [0.2, 0.25) is 0 Å². The van der Waals surface area contributed by atoms with Gasteiger partial charge in [-0.15, -0.1) is 0 Å². The second-order valence-electron chi connectivity index (χ2n) is 5.65. The van der Waals surface area contributed by atoms with Gasteiger partial charge in [-0.05, 0) is 49.3 Å². The van der Waals surface area contributed by atoms with Gasteiger partial charge in [0.25, 0.3) is 0 Å². The third kappa shape index (κ3) is 2.54. The van der Waals surface area contributed by atoms with E-state index in [-0.39, 0.29) is 6.10 Å². The Morgan fingerprint density at radius 1 is 1.22 bits per heavy atom. The van der Waals surface area contributed by atoms with Crippen LogP contribution in [0.15, 0.2) is 24.3 Å². The minimum Gasteiger partial charge on any atom is -0.389 e. The van der Waals surface area contributed by atoms with Crippen LogP contribution in [0.4, 0.5) is 5.69 Å². The first-order valence-electron chi connectivity index (χ1n) is 7.13. The highest BCUT2D eigenvalue weighted by molar-refractivity contribution is 5.49. The van der Waals surface area contributed by atoms with E-state index in [2.05, 4.69) is 30.9 Å². The van der Waals surface area contributed by atoms with Crippen molar-refractivity contribution in [1.82, 2.24) is 0 Å². The number of rotatable bonds is 4. The highest BCUT2D eigenvalue weighted by Gasteiger charge is 2.34. The Bertz CT molecular complexity index is 379. The summed E-state index contributed by atoms with van der Waals surface area (Å²) in [5.74, 6) is 0. The lowest BCUT2D eigenvalue weighted by atomic mass is 9.82. The van der Waals surface area contributed by atoms with Crippen molar-refractivity contribution in [3.8, 4) is 0 Å². The fourth-order valence-corrected chi connectivity index (χ4v) is 2.95. The molecule has 1 N–H and O–H groups in total. The molecule has 2 rings (SSSR count). The maximum atomic E-state index is 9.53. The molecule has 1 aliphatic rings. The van der Waals surface area contributed by atoms with Gasteiger partial charge in [-0.25, -0.2) is 0 Å². The number of benzene rings is 1. The molecule has 1 saturated heterocycles. The van der Waals surface area contributed by atoms with Gasteiger partial charge in [-0.1, -0.05) is 26.0 Å². The molecule has 0 spiro atoms. The van der Waals surface area contributed by atoms with Crippen LogP contribution in [-0.2, 0) is 0 Å². The van der Waals surface area contributed by atoms with Gasteiger partial charge >= 0.3 is 0 Å². The SMILES string of the molecule is CCC1(CC)CCN(c2ccc(C(C)O)cc2)C1. The molecule has 0 aliphatic carbocycles. The minimum absolute atomic E-state index is 0.372. The second kappa shape index (κ2) is 5.31. The number of anilines is 1. The first kappa shape index (κ1) is 13.4. The zero-order valence-electron chi connectivity index (χ0n) is 11.8. The summed E-state index contributed by atoms with van der Waals surface area (Å²) >= 11 is 0. The van der Waals surface area contributed by atoms with Crippen molar-refractivity contribution in [3.63, 3.8) is 0 Å². The molecule has 1 fully saturated rings. The van der Waals surface area contributed by atoms with Crippen molar-refractivity contribution in [1.29, 1.82) is 0 Å². The Labute approximate surface area is 111 Å². The smallest absolute Gasteiger partial charge is 0.0761 e. The van der Waals surface area contributed by atoms with Crippen LogP contribution >= 0.6 is 0 Å². The number of hydrogen-bond donors (Lipinski definition) is 1. The summed E-state index contributed by atoms with van der Waals surface area (Å²) in [6.45, 7) is 8.76. The number of hydrogen-bond acceptors (Lipinski definition) is 2. The fourth-order valence-electron chi connectivity index (χ4n) is 2.95. The van der Waals surface area contributed by atoms with Crippen LogP contribution in [0.25, 0.3) is 0 Å². The molecule has 18 heavy (non-hydrogen) atoms. The van der Waals surface area contributed by atoms with Crippen LogP contribution in [0.5, 0.6) is 0 Å². The predicted octanol–water partition coefficient (Wildman–Crippen LogP) is 3.76. The van der Waals surface area contributed by atoms with E-state index in [1.807, 2.05) is 19.1 Å². The first-order valence-corrected chi connectivity index (χ1v) is 7.13. The highest BCUT2D eigenvalue weighted by atomic mass is 16.3. The first-order chi connectivity index (χ1) is 8.60. The van der Waals surface area contributed by atoms with E-state index in [0.717, 1.165) is 12.1 Å². The molecule has 1 aromatic rings. The van der Waals surface area contributed by atoms with Gasteiger partial charge < -0.3 is 10.0 Å². The van der Waals surface area contributed by atoms with Gasteiger partial charge in [-0.3, -0.25) is 0 Å². The van der Waals surface area contributed by atoms with Gasteiger partial charge in [0.05, 0.1) is 6.10 Å². The van der Waals surface area contributed by atoms with Crippen molar-refractivity contribution in [3.05, 3.63) is 29.8 Å². The maximum Gasteiger partial charge on any atom is 0.0761 e.